The zero-order valence-electron chi connectivity index (χ0n) is 20.5. The Labute approximate surface area is 217 Å². The number of carbonyl (C=O) groups excluding carboxylic acids is 2. The van der Waals surface area contributed by atoms with Crippen LogP contribution in [-0.4, -0.2) is 56.2 Å². The molecule has 1 unspecified atom stereocenters. The van der Waals surface area contributed by atoms with Crippen LogP contribution in [0.4, 0.5) is 0 Å². The first kappa shape index (κ1) is 24.5. The topological polar surface area (TPSA) is 104 Å². The number of aliphatic hydroxyl groups is 1. The lowest BCUT2D eigenvalue weighted by molar-refractivity contribution is -0.140. The first-order valence-corrected chi connectivity index (χ1v) is 12.4. The number of ether oxygens (including phenoxy) is 5. The van der Waals surface area contributed by atoms with Crippen LogP contribution in [0.1, 0.15) is 22.0 Å². The molecular weight excluding hydrogens is 498 g/mol. The number of methoxy groups -OCH3 is 3. The molecule has 1 fully saturated rings. The maximum absolute atomic E-state index is 13.4. The van der Waals surface area contributed by atoms with Gasteiger partial charge in [0.1, 0.15) is 19.0 Å². The minimum Gasteiger partial charge on any atom is -0.507 e. The average molecular weight is 524 g/mol. The summed E-state index contributed by atoms with van der Waals surface area (Å²) in [5.41, 5.74) is 0.799. The Bertz CT molecular complexity index is 1360. The molecule has 5 rings (SSSR count). The lowest BCUT2D eigenvalue weighted by atomic mass is 9.94. The fourth-order valence-corrected chi connectivity index (χ4v) is 5.27. The molecule has 1 aromatic heterocycles. The summed E-state index contributed by atoms with van der Waals surface area (Å²) >= 11 is 1.47. The number of Topliss-reactive ketones (excluding diaryl/α,β-unsaturated/α-hetero) is 1. The van der Waals surface area contributed by atoms with E-state index in [4.69, 9.17) is 23.7 Å². The molecule has 0 aliphatic carbocycles. The van der Waals surface area contributed by atoms with Gasteiger partial charge in [0.2, 0.25) is 5.75 Å². The molecule has 1 saturated heterocycles. The van der Waals surface area contributed by atoms with Gasteiger partial charge in [-0.3, -0.25) is 9.59 Å². The summed E-state index contributed by atoms with van der Waals surface area (Å²) in [7, 11) is 4.46. The highest BCUT2D eigenvalue weighted by Gasteiger charge is 2.46. The van der Waals surface area contributed by atoms with Crippen molar-refractivity contribution in [2.75, 3.05) is 34.5 Å². The summed E-state index contributed by atoms with van der Waals surface area (Å²) < 4.78 is 27.7. The monoisotopic (exact) mass is 523 g/mol. The number of fused-ring (bicyclic) bond motifs is 1. The third kappa shape index (κ3) is 4.33. The molecule has 0 bridgehead atoms. The Morgan fingerprint density at radius 1 is 1.00 bits per heavy atom. The molecule has 2 aliphatic heterocycles. The molecule has 0 radical (unpaired) electrons. The van der Waals surface area contributed by atoms with Gasteiger partial charge in [0.25, 0.3) is 11.7 Å². The molecule has 192 valence electrons. The summed E-state index contributed by atoms with van der Waals surface area (Å²) in [5.74, 6) is 0.262. The summed E-state index contributed by atoms with van der Waals surface area (Å²) in [5, 5.41) is 13.3. The molecule has 1 atom stereocenters. The second-order valence-corrected chi connectivity index (χ2v) is 9.36. The van der Waals surface area contributed by atoms with Gasteiger partial charge in [-0.1, -0.05) is 6.07 Å². The second kappa shape index (κ2) is 10.1. The van der Waals surface area contributed by atoms with E-state index < -0.39 is 17.7 Å². The SMILES string of the molecule is COc1cc(C2/C(=C(\O)c3ccc4c(c3)OCCO4)C(=O)C(=O)N2Cc2cccs2)cc(OC)c1OC. The Kier molecular flexibility index (Phi) is 6.66. The number of nitrogens with zero attached hydrogens (tertiary/aromatic N) is 1. The number of carbonyl (C=O) groups is 2. The molecule has 9 nitrogen and oxygen atoms in total. The van der Waals surface area contributed by atoms with Crippen molar-refractivity contribution in [2.45, 2.75) is 12.6 Å². The van der Waals surface area contributed by atoms with Crippen LogP contribution in [0.2, 0.25) is 0 Å². The van der Waals surface area contributed by atoms with E-state index in [2.05, 4.69) is 0 Å². The van der Waals surface area contributed by atoms with Gasteiger partial charge in [-0.25, -0.2) is 0 Å². The van der Waals surface area contributed by atoms with Crippen molar-refractivity contribution in [3.63, 3.8) is 0 Å². The van der Waals surface area contributed by atoms with Crippen LogP contribution in [-0.2, 0) is 16.1 Å². The average Bonchev–Trinajstić information content (AvgIpc) is 3.53. The van der Waals surface area contributed by atoms with Gasteiger partial charge in [-0.2, -0.15) is 0 Å². The maximum Gasteiger partial charge on any atom is 0.295 e. The number of thiophene rings is 1. The van der Waals surface area contributed by atoms with Crippen molar-refractivity contribution in [3.05, 3.63) is 69.4 Å². The van der Waals surface area contributed by atoms with Crippen LogP contribution in [0.25, 0.3) is 5.76 Å². The van der Waals surface area contributed by atoms with Gasteiger partial charge in [-0.05, 0) is 47.3 Å². The highest BCUT2D eigenvalue weighted by Crippen LogP contribution is 2.46. The van der Waals surface area contributed by atoms with Gasteiger partial charge in [-0.15, -0.1) is 11.3 Å². The Morgan fingerprint density at radius 2 is 1.70 bits per heavy atom. The predicted molar refractivity (Wildman–Crippen MR) is 136 cm³/mol. The number of likely N-dealkylation sites (tertiary alicyclic amines) is 1. The zero-order valence-corrected chi connectivity index (χ0v) is 21.3. The van der Waals surface area contributed by atoms with Gasteiger partial charge in [0.15, 0.2) is 23.0 Å². The minimum atomic E-state index is -0.913. The molecule has 37 heavy (non-hydrogen) atoms. The van der Waals surface area contributed by atoms with E-state index in [0.717, 1.165) is 4.88 Å². The van der Waals surface area contributed by atoms with E-state index in [9.17, 15) is 14.7 Å². The number of aliphatic hydroxyl groups excluding tert-OH is 1. The van der Waals surface area contributed by atoms with Crippen LogP contribution in [0.15, 0.2) is 53.4 Å². The second-order valence-electron chi connectivity index (χ2n) is 8.32. The summed E-state index contributed by atoms with van der Waals surface area (Å²) in [6.07, 6.45) is 0. The Hall–Kier alpha value is -4.18. The van der Waals surface area contributed by atoms with E-state index in [1.54, 1.807) is 30.3 Å². The lowest BCUT2D eigenvalue weighted by Crippen LogP contribution is -2.29. The Balaban J connectivity index is 1.69. The smallest absolute Gasteiger partial charge is 0.295 e. The van der Waals surface area contributed by atoms with Crippen molar-refractivity contribution in [1.82, 2.24) is 4.90 Å². The largest absolute Gasteiger partial charge is 0.507 e. The highest BCUT2D eigenvalue weighted by molar-refractivity contribution is 7.09. The molecule has 1 N–H and O–H groups in total. The van der Waals surface area contributed by atoms with Crippen molar-refractivity contribution in [2.24, 2.45) is 0 Å². The quantitative estimate of drug-likeness (QED) is 0.280. The third-order valence-electron chi connectivity index (χ3n) is 6.26. The maximum atomic E-state index is 13.4. The van der Waals surface area contributed by atoms with E-state index in [0.29, 0.717) is 53.1 Å². The molecule has 2 aliphatic rings. The standard InChI is InChI=1S/C27H25NO8S/c1-32-20-12-16(13-21(33-2)26(20)34-3)23-22(25(30)27(31)28(23)14-17-5-4-10-37-17)24(29)15-6-7-18-19(11-15)36-9-8-35-18/h4-7,10-13,23,29H,8-9,14H2,1-3H3/b24-22+. The summed E-state index contributed by atoms with van der Waals surface area (Å²) in [6.45, 7) is 0.975. The van der Waals surface area contributed by atoms with E-state index in [1.165, 1.54) is 37.6 Å². The molecule has 3 aromatic rings. The number of ketones is 1. The Morgan fingerprint density at radius 3 is 2.32 bits per heavy atom. The van der Waals surface area contributed by atoms with Crippen molar-refractivity contribution >= 4 is 28.8 Å². The number of rotatable bonds is 7. The molecule has 2 aromatic carbocycles. The molecule has 0 saturated carbocycles. The number of hydrogen-bond donors (Lipinski definition) is 1. The number of hydrogen-bond acceptors (Lipinski definition) is 9. The fourth-order valence-electron chi connectivity index (χ4n) is 4.57. The summed E-state index contributed by atoms with van der Waals surface area (Å²) in [4.78, 5) is 29.1. The van der Waals surface area contributed by atoms with E-state index >= 15 is 0 Å². The van der Waals surface area contributed by atoms with Crippen LogP contribution >= 0.6 is 11.3 Å². The first-order chi connectivity index (χ1) is 18.0. The predicted octanol–water partition coefficient (Wildman–Crippen LogP) is 4.17. The van der Waals surface area contributed by atoms with Gasteiger partial charge in [0, 0.05) is 10.4 Å². The van der Waals surface area contributed by atoms with E-state index in [1.807, 2.05) is 17.5 Å². The minimum absolute atomic E-state index is 0.0486. The molecule has 1 amide bonds. The van der Waals surface area contributed by atoms with Gasteiger partial charge < -0.3 is 33.7 Å². The van der Waals surface area contributed by atoms with Crippen LogP contribution in [0, 0.1) is 0 Å². The summed E-state index contributed by atoms with van der Waals surface area (Å²) in [6, 6.07) is 11.1. The van der Waals surface area contributed by atoms with Gasteiger partial charge in [0.05, 0.1) is 39.5 Å². The lowest BCUT2D eigenvalue weighted by Gasteiger charge is -2.26. The number of benzene rings is 2. The molecule has 3 heterocycles. The van der Waals surface area contributed by atoms with Crippen LogP contribution < -0.4 is 23.7 Å². The zero-order chi connectivity index (χ0) is 26.1. The first-order valence-electron chi connectivity index (χ1n) is 11.5. The number of amides is 1. The fraction of sp³-hybridized carbons (Fsp3) is 0.259. The molecule has 0 spiro atoms. The van der Waals surface area contributed by atoms with Gasteiger partial charge >= 0.3 is 0 Å². The molecule has 10 heteroatoms. The van der Waals surface area contributed by atoms with Crippen LogP contribution in [0.3, 0.4) is 0 Å². The highest BCUT2D eigenvalue weighted by atomic mass is 32.1. The van der Waals surface area contributed by atoms with Crippen LogP contribution in [0.5, 0.6) is 28.7 Å². The van der Waals surface area contributed by atoms with Crippen molar-refractivity contribution < 1.29 is 38.4 Å². The van der Waals surface area contributed by atoms with Crippen molar-refractivity contribution in [3.8, 4) is 28.7 Å². The third-order valence-corrected chi connectivity index (χ3v) is 7.13. The molecular formula is C27H25NO8S. The normalized spacial score (nSPS) is 18.1. The van der Waals surface area contributed by atoms with E-state index in [-0.39, 0.29) is 17.9 Å². The van der Waals surface area contributed by atoms with Crippen molar-refractivity contribution in [1.29, 1.82) is 0 Å².